The van der Waals surface area contributed by atoms with Crippen LogP contribution in [0, 0.1) is 12.5 Å². The molecule has 14 heteroatoms. The van der Waals surface area contributed by atoms with Crippen molar-refractivity contribution in [3.8, 4) is 0 Å². The van der Waals surface area contributed by atoms with Gasteiger partial charge in [0.2, 0.25) is 5.69 Å². The van der Waals surface area contributed by atoms with Crippen molar-refractivity contribution < 1.29 is 26.3 Å². The van der Waals surface area contributed by atoms with Gasteiger partial charge in [-0.3, -0.25) is 4.98 Å². The van der Waals surface area contributed by atoms with Gasteiger partial charge in [-0.15, -0.1) is 5.10 Å². The van der Waals surface area contributed by atoms with Crippen molar-refractivity contribution in [2.75, 3.05) is 22.9 Å². The zero-order chi connectivity index (χ0) is 29.1. The summed E-state index contributed by atoms with van der Waals surface area (Å²) in [7, 11) is 1.49. The van der Waals surface area contributed by atoms with Crippen LogP contribution in [0.15, 0.2) is 30.5 Å². The summed E-state index contributed by atoms with van der Waals surface area (Å²) in [6.07, 6.45) is -4.00. The van der Waals surface area contributed by atoms with Gasteiger partial charge in [0.1, 0.15) is 5.82 Å². The van der Waals surface area contributed by atoms with Gasteiger partial charge in [0, 0.05) is 37.9 Å². The fourth-order valence-corrected chi connectivity index (χ4v) is 4.96. The summed E-state index contributed by atoms with van der Waals surface area (Å²) in [5.41, 5.74) is -2.22. The van der Waals surface area contributed by atoms with Gasteiger partial charge in [-0.2, -0.15) is 31.1 Å². The Bertz CT molecular complexity index is 1320. The number of anilines is 2. The van der Waals surface area contributed by atoms with E-state index in [9.17, 15) is 26.3 Å². The van der Waals surface area contributed by atoms with Gasteiger partial charge >= 0.3 is 12.4 Å². The number of hydrogen-bond donors (Lipinski definition) is 0. The van der Waals surface area contributed by atoms with E-state index in [0.717, 1.165) is 37.0 Å². The third-order valence-corrected chi connectivity index (χ3v) is 6.85. The molecule has 1 saturated carbocycles. The molecule has 0 radical (unpaired) electrons. The molecule has 8 nitrogen and oxygen atoms in total. The lowest BCUT2D eigenvalue weighted by Crippen LogP contribution is -2.32. The maximum Gasteiger partial charge on any atom is 0.416 e. The standard InChI is InChI=1S/C26H28F6N8/c1-4-39(14-17-7-5-6-8-17)23-19(11-22(33-2)13-34-23)16-40(24-35-37-38(3)36-24)15-18-9-20(25(27,28)29)12-21(10-18)26(30,31)32/h9-13,17H,4-8,14-16H2,1,3H3. The maximum atomic E-state index is 13.5. The Morgan fingerprint density at radius 1 is 0.975 bits per heavy atom. The Balaban J connectivity index is 1.75. The summed E-state index contributed by atoms with van der Waals surface area (Å²) < 4.78 is 81.1. The largest absolute Gasteiger partial charge is 0.416 e. The zero-order valence-electron chi connectivity index (χ0n) is 22.0. The first-order valence-electron chi connectivity index (χ1n) is 12.8. The van der Waals surface area contributed by atoms with Crippen LogP contribution in [0.5, 0.6) is 0 Å². The Kier molecular flexibility index (Phi) is 8.51. The summed E-state index contributed by atoms with van der Waals surface area (Å²) in [4.78, 5) is 12.7. The van der Waals surface area contributed by atoms with Crippen LogP contribution in [-0.4, -0.2) is 38.3 Å². The quantitative estimate of drug-likeness (QED) is 0.220. The lowest BCUT2D eigenvalue weighted by atomic mass is 10.0. The highest BCUT2D eigenvalue weighted by Crippen LogP contribution is 2.37. The van der Waals surface area contributed by atoms with Crippen LogP contribution >= 0.6 is 0 Å². The van der Waals surface area contributed by atoms with Gasteiger partial charge in [0.15, 0.2) is 0 Å². The van der Waals surface area contributed by atoms with Gasteiger partial charge in [0.05, 0.1) is 24.7 Å². The summed E-state index contributed by atoms with van der Waals surface area (Å²) in [6, 6.07) is 3.10. The third-order valence-electron chi connectivity index (χ3n) is 6.85. The lowest BCUT2D eigenvalue weighted by Gasteiger charge is -2.29. The highest BCUT2D eigenvalue weighted by Gasteiger charge is 2.37. The molecular formula is C26H28F6N8. The van der Waals surface area contributed by atoms with Gasteiger partial charge < -0.3 is 9.80 Å². The molecule has 1 aromatic carbocycles. The lowest BCUT2D eigenvalue weighted by molar-refractivity contribution is -0.143. The van der Waals surface area contributed by atoms with Crippen molar-refractivity contribution in [1.82, 2.24) is 25.2 Å². The highest BCUT2D eigenvalue weighted by molar-refractivity contribution is 5.57. The molecule has 0 aliphatic heterocycles. The van der Waals surface area contributed by atoms with Crippen LogP contribution in [0.3, 0.4) is 0 Å². The van der Waals surface area contributed by atoms with E-state index < -0.39 is 23.5 Å². The Morgan fingerprint density at radius 2 is 1.62 bits per heavy atom. The van der Waals surface area contributed by atoms with Crippen molar-refractivity contribution in [3.63, 3.8) is 0 Å². The molecule has 0 unspecified atom stereocenters. The number of aryl methyl sites for hydroxylation is 1. The normalized spacial score (nSPS) is 14.4. The number of alkyl halides is 6. The summed E-state index contributed by atoms with van der Waals surface area (Å²) >= 11 is 0. The first-order valence-corrected chi connectivity index (χ1v) is 12.8. The van der Waals surface area contributed by atoms with E-state index in [1.165, 1.54) is 18.1 Å². The predicted molar refractivity (Wildman–Crippen MR) is 135 cm³/mol. The van der Waals surface area contributed by atoms with Crippen molar-refractivity contribution in [3.05, 3.63) is 64.1 Å². The van der Waals surface area contributed by atoms with E-state index in [-0.39, 0.29) is 36.4 Å². The van der Waals surface area contributed by atoms with E-state index in [4.69, 9.17) is 6.57 Å². The summed E-state index contributed by atoms with van der Waals surface area (Å²) in [5, 5.41) is 11.9. The SMILES string of the molecule is [C-]#[N+]c1cnc(N(CC)CC2CCCC2)c(CN(Cc2cc(C(F)(F)F)cc(C(F)(F)F)c2)c2nnn(C)n2)c1. The van der Waals surface area contributed by atoms with Crippen LogP contribution in [0.2, 0.25) is 0 Å². The number of pyridine rings is 1. The van der Waals surface area contributed by atoms with Crippen molar-refractivity contribution in [2.24, 2.45) is 13.0 Å². The van der Waals surface area contributed by atoms with Crippen molar-refractivity contribution in [2.45, 2.75) is 58.0 Å². The van der Waals surface area contributed by atoms with Crippen LogP contribution < -0.4 is 9.80 Å². The molecule has 0 atom stereocenters. The molecule has 2 aromatic heterocycles. The molecule has 2 heterocycles. The Labute approximate surface area is 227 Å². The predicted octanol–water partition coefficient (Wildman–Crippen LogP) is 6.42. The maximum absolute atomic E-state index is 13.5. The second-order valence-corrected chi connectivity index (χ2v) is 9.83. The molecule has 4 rings (SSSR count). The molecule has 0 saturated heterocycles. The third kappa shape index (κ3) is 7.00. The monoisotopic (exact) mass is 566 g/mol. The summed E-state index contributed by atoms with van der Waals surface area (Å²) in [5.74, 6) is 1.08. The average molecular weight is 567 g/mol. The first kappa shape index (κ1) is 29.1. The molecule has 1 aliphatic carbocycles. The van der Waals surface area contributed by atoms with Crippen molar-refractivity contribution in [1.29, 1.82) is 0 Å². The van der Waals surface area contributed by atoms with Crippen molar-refractivity contribution >= 4 is 17.5 Å². The van der Waals surface area contributed by atoms with E-state index in [1.54, 1.807) is 6.07 Å². The first-order chi connectivity index (χ1) is 18.9. The second-order valence-electron chi connectivity index (χ2n) is 9.83. The Hall–Kier alpha value is -3.89. The van der Waals surface area contributed by atoms with Gasteiger partial charge in [-0.05, 0) is 60.7 Å². The van der Waals surface area contributed by atoms with Gasteiger partial charge in [-0.25, -0.2) is 4.85 Å². The second kappa shape index (κ2) is 11.7. The number of tetrazole rings is 1. The molecular weight excluding hydrogens is 538 g/mol. The number of nitrogens with zero attached hydrogens (tertiary/aromatic N) is 8. The zero-order valence-corrected chi connectivity index (χ0v) is 22.0. The molecule has 0 bridgehead atoms. The molecule has 1 aliphatic rings. The number of aromatic nitrogens is 5. The van der Waals surface area contributed by atoms with Crippen LogP contribution in [0.1, 0.15) is 54.9 Å². The molecule has 214 valence electrons. The fourth-order valence-electron chi connectivity index (χ4n) is 4.96. The Morgan fingerprint density at radius 3 is 2.15 bits per heavy atom. The van der Waals surface area contributed by atoms with Crippen LogP contribution in [0.4, 0.5) is 43.8 Å². The number of rotatable bonds is 9. The summed E-state index contributed by atoms with van der Waals surface area (Å²) in [6.45, 7) is 10.4. The fraction of sp³-hybridized carbons (Fsp3) is 0.500. The van der Waals surface area contributed by atoms with Gasteiger partial charge in [-0.1, -0.05) is 17.9 Å². The highest BCUT2D eigenvalue weighted by atomic mass is 19.4. The van der Waals surface area contributed by atoms with Crippen LogP contribution in [0.25, 0.3) is 4.85 Å². The molecule has 0 amide bonds. The number of hydrogen-bond acceptors (Lipinski definition) is 6. The van der Waals surface area contributed by atoms with Crippen LogP contribution in [-0.2, 0) is 32.5 Å². The van der Waals surface area contributed by atoms with E-state index in [0.29, 0.717) is 36.0 Å². The van der Waals surface area contributed by atoms with E-state index in [2.05, 4.69) is 30.1 Å². The van der Waals surface area contributed by atoms with E-state index >= 15 is 0 Å². The minimum Gasteiger partial charge on any atom is -0.356 e. The molecule has 0 N–H and O–H groups in total. The molecule has 0 spiro atoms. The molecule has 40 heavy (non-hydrogen) atoms. The molecule has 3 aromatic rings. The van der Waals surface area contributed by atoms with E-state index in [1.807, 2.05) is 6.92 Å². The number of halogens is 6. The minimum atomic E-state index is -4.98. The average Bonchev–Trinajstić information content (AvgIpc) is 3.57. The smallest absolute Gasteiger partial charge is 0.356 e. The number of benzene rings is 1. The topological polar surface area (TPSA) is 67.3 Å². The molecule has 1 fully saturated rings. The minimum absolute atomic E-state index is 0.00600. The van der Waals surface area contributed by atoms with Gasteiger partial charge in [0.25, 0.3) is 5.95 Å².